The Morgan fingerprint density at radius 3 is 1.26 bits per heavy atom. The van der Waals surface area contributed by atoms with Crippen LogP contribution < -0.4 is 0 Å². The summed E-state index contributed by atoms with van der Waals surface area (Å²) in [4.78, 5) is 0. The van der Waals surface area contributed by atoms with Crippen molar-refractivity contribution in [2.24, 2.45) is 0 Å². The minimum atomic E-state index is -0.333. The molecule has 0 atom stereocenters. The number of aryl methyl sites for hydroxylation is 4. The van der Waals surface area contributed by atoms with E-state index in [0.717, 1.165) is 25.7 Å². The first-order valence-corrected chi connectivity index (χ1v) is 15.8. The molecular weight excluding hydrogens is 518 g/mol. The predicted octanol–water partition coefficient (Wildman–Crippen LogP) is 10.1. The zero-order chi connectivity index (χ0) is 28.0. The quantitative estimate of drug-likeness (QED) is 0.203. The standard InChI is InChI=1S/C42H29N/c1-42-32-22-18-28-14-12-26-16-20-30(38(32)34(26)28)40-36(24-8-4-2-5-9-24)37(25-10-6-3-7-11-25)41(43(40)42)31-21-17-27-13-15-29-19-23-33(42)39(31)35(27)29/h2-11,16-23H,12-15H2,1H3. The predicted molar refractivity (Wildman–Crippen MR) is 178 cm³/mol. The van der Waals surface area contributed by atoms with Crippen molar-refractivity contribution in [3.8, 4) is 44.8 Å². The highest BCUT2D eigenvalue weighted by molar-refractivity contribution is 6.17. The van der Waals surface area contributed by atoms with Gasteiger partial charge in [0.25, 0.3) is 0 Å². The minimum absolute atomic E-state index is 0.333. The van der Waals surface area contributed by atoms with Crippen LogP contribution in [0.5, 0.6) is 0 Å². The largest absolute Gasteiger partial charge is 0.325 e. The molecule has 1 nitrogen and oxygen atoms in total. The zero-order valence-corrected chi connectivity index (χ0v) is 24.2. The summed E-state index contributed by atoms with van der Waals surface area (Å²) in [5.74, 6) is 0. The molecule has 0 saturated heterocycles. The molecule has 0 saturated carbocycles. The van der Waals surface area contributed by atoms with E-state index in [0.29, 0.717) is 0 Å². The Morgan fingerprint density at radius 1 is 0.442 bits per heavy atom. The van der Waals surface area contributed by atoms with Gasteiger partial charge in [-0.25, -0.2) is 0 Å². The van der Waals surface area contributed by atoms with Gasteiger partial charge in [0.1, 0.15) is 0 Å². The van der Waals surface area contributed by atoms with Crippen LogP contribution in [0, 0.1) is 0 Å². The Morgan fingerprint density at radius 2 is 0.837 bits per heavy atom. The molecule has 0 unspecified atom stereocenters. The van der Waals surface area contributed by atoms with Crippen LogP contribution in [0.25, 0.3) is 66.3 Å². The van der Waals surface area contributed by atoms with Crippen LogP contribution in [-0.2, 0) is 31.2 Å². The molecular formula is C42H29N. The molecule has 0 bridgehead atoms. The lowest BCUT2D eigenvalue weighted by atomic mass is 9.72. The van der Waals surface area contributed by atoms with Crippen molar-refractivity contribution in [1.82, 2.24) is 4.57 Å². The lowest BCUT2D eigenvalue weighted by Gasteiger charge is -2.44. The number of fused-ring (bicyclic) bond motifs is 4. The van der Waals surface area contributed by atoms with Crippen molar-refractivity contribution in [3.63, 3.8) is 0 Å². The molecule has 1 heteroatoms. The Balaban J connectivity index is 1.45. The van der Waals surface area contributed by atoms with E-state index in [-0.39, 0.29) is 5.54 Å². The molecule has 6 aromatic carbocycles. The third-order valence-corrected chi connectivity index (χ3v) is 11.3. The van der Waals surface area contributed by atoms with Gasteiger partial charge in [0.15, 0.2) is 0 Å². The zero-order valence-electron chi connectivity index (χ0n) is 24.2. The second-order valence-corrected chi connectivity index (χ2v) is 13.2. The van der Waals surface area contributed by atoms with Crippen molar-refractivity contribution in [3.05, 3.63) is 143 Å². The first kappa shape index (κ1) is 22.7. The highest BCUT2D eigenvalue weighted by Gasteiger charge is 2.48. The van der Waals surface area contributed by atoms with Crippen molar-refractivity contribution in [1.29, 1.82) is 0 Å². The lowest BCUT2D eigenvalue weighted by Crippen LogP contribution is -2.38. The minimum Gasteiger partial charge on any atom is -0.325 e. The van der Waals surface area contributed by atoms with Gasteiger partial charge in [-0.05, 0) is 98.7 Å². The molecule has 43 heavy (non-hydrogen) atoms. The van der Waals surface area contributed by atoms with Crippen LogP contribution >= 0.6 is 0 Å². The molecule has 0 spiro atoms. The van der Waals surface area contributed by atoms with E-state index in [1.54, 1.807) is 0 Å². The summed E-state index contributed by atoms with van der Waals surface area (Å²) < 4.78 is 2.76. The molecule has 0 N–H and O–H groups in total. The number of hydrogen-bond donors (Lipinski definition) is 0. The van der Waals surface area contributed by atoms with Gasteiger partial charge < -0.3 is 4.57 Å². The van der Waals surface area contributed by atoms with Gasteiger partial charge in [-0.3, -0.25) is 0 Å². The Labute approximate surface area is 251 Å². The fourth-order valence-corrected chi connectivity index (χ4v) is 9.55. The van der Waals surface area contributed by atoms with Crippen molar-refractivity contribution in [2.75, 3.05) is 0 Å². The summed E-state index contributed by atoms with van der Waals surface area (Å²) in [5.41, 5.74) is 19.4. The molecule has 0 amide bonds. The van der Waals surface area contributed by atoms with Crippen LogP contribution in [0.1, 0.15) is 40.3 Å². The fourth-order valence-electron chi connectivity index (χ4n) is 9.55. The molecule has 202 valence electrons. The number of hydrogen-bond acceptors (Lipinski definition) is 0. The molecule has 2 aliphatic heterocycles. The van der Waals surface area contributed by atoms with E-state index in [1.807, 2.05) is 0 Å². The smallest absolute Gasteiger partial charge is 0.0940 e. The van der Waals surface area contributed by atoms with E-state index < -0.39 is 0 Å². The summed E-state index contributed by atoms with van der Waals surface area (Å²) in [6.45, 7) is 2.52. The average molecular weight is 548 g/mol. The number of rotatable bonds is 2. The summed E-state index contributed by atoms with van der Waals surface area (Å²) in [6, 6.07) is 42.0. The molecule has 0 fully saturated rings. The van der Waals surface area contributed by atoms with E-state index in [9.17, 15) is 0 Å². The number of nitrogens with zero attached hydrogens (tertiary/aromatic N) is 1. The third kappa shape index (κ3) is 2.51. The highest BCUT2D eigenvalue weighted by atomic mass is 15.1. The van der Waals surface area contributed by atoms with Gasteiger partial charge in [0.05, 0.1) is 16.9 Å². The van der Waals surface area contributed by atoms with Crippen LogP contribution in [0.2, 0.25) is 0 Å². The molecule has 11 rings (SSSR count). The van der Waals surface area contributed by atoms with Gasteiger partial charge in [-0.1, -0.05) is 109 Å². The van der Waals surface area contributed by atoms with Crippen LogP contribution in [0.15, 0.2) is 109 Å². The first-order valence-electron chi connectivity index (χ1n) is 15.8. The van der Waals surface area contributed by atoms with Crippen LogP contribution in [0.4, 0.5) is 0 Å². The number of benzene rings is 6. The van der Waals surface area contributed by atoms with Gasteiger partial charge in [-0.15, -0.1) is 0 Å². The molecule has 3 heterocycles. The third-order valence-electron chi connectivity index (χ3n) is 11.3. The maximum absolute atomic E-state index is 2.76. The van der Waals surface area contributed by atoms with Crippen molar-refractivity contribution < 1.29 is 0 Å². The maximum atomic E-state index is 2.76. The van der Waals surface area contributed by atoms with E-state index in [4.69, 9.17) is 0 Å². The van der Waals surface area contributed by atoms with Crippen molar-refractivity contribution >= 4 is 21.5 Å². The molecule has 4 aliphatic rings. The van der Waals surface area contributed by atoms with E-state index in [1.165, 1.54) is 99.7 Å². The Hall–Kier alpha value is -4.88. The SMILES string of the molecule is CC12c3ccc4c5c(ccc(c35)-c3c(-c5ccccc5)c(-c5ccccc5)c(n31)-c1ccc3c5c(ccc2c15)CC3)CC4. The number of aromatic nitrogens is 1. The Bertz CT molecular complexity index is 2200. The topological polar surface area (TPSA) is 4.93 Å². The first-order chi connectivity index (χ1) is 21.2. The summed E-state index contributed by atoms with van der Waals surface area (Å²) in [5, 5.41) is 5.99. The van der Waals surface area contributed by atoms with Crippen LogP contribution in [-0.4, -0.2) is 4.57 Å². The van der Waals surface area contributed by atoms with E-state index in [2.05, 4.69) is 121 Å². The van der Waals surface area contributed by atoms with Crippen LogP contribution in [0.3, 0.4) is 0 Å². The van der Waals surface area contributed by atoms with E-state index >= 15 is 0 Å². The fraction of sp³-hybridized carbons (Fsp3) is 0.143. The molecule has 7 aromatic rings. The average Bonchev–Trinajstić information content (AvgIpc) is 3.78. The van der Waals surface area contributed by atoms with Gasteiger partial charge in [-0.2, -0.15) is 0 Å². The summed E-state index contributed by atoms with van der Waals surface area (Å²) in [6.07, 6.45) is 4.57. The normalized spacial score (nSPS) is 15.8. The summed E-state index contributed by atoms with van der Waals surface area (Å²) in [7, 11) is 0. The lowest BCUT2D eigenvalue weighted by molar-refractivity contribution is 0.487. The summed E-state index contributed by atoms with van der Waals surface area (Å²) >= 11 is 0. The van der Waals surface area contributed by atoms with Crippen molar-refractivity contribution in [2.45, 2.75) is 38.1 Å². The van der Waals surface area contributed by atoms with Gasteiger partial charge >= 0.3 is 0 Å². The highest BCUT2D eigenvalue weighted by Crippen LogP contribution is 2.62. The monoisotopic (exact) mass is 547 g/mol. The maximum Gasteiger partial charge on any atom is 0.0940 e. The van der Waals surface area contributed by atoms with Gasteiger partial charge in [0.2, 0.25) is 0 Å². The Kier molecular flexibility index (Phi) is 3.98. The second kappa shape index (κ2) is 7.54. The molecule has 2 aliphatic carbocycles. The van der Waals surface area contributed by atoms with Gasteiger partial charge in [0, 0.05) is 22.3 Å². The molecule has 1 aromatic heterocycles. The molecule has 0 radical (unpaired) electrons. The second-order valence-electron chi connectivity index (χ2n) is 13.2.